The molecule has 0 N–H and O–H groups in total. The smallest absolute Gasteiger partial charge is 0.269 e. The van der Waals surface area contributed by atoms with Gasteiger partial charge in [-0.1, -0.05) is 18.2 Å². The first kappa shape index (κ1) is 12.8. The summed E-state index contributed by atoms with van der Waals surface area (Å²) < 4.78 is 0. The molecule has 0 saturated heterocycles. The number of anilines is 2. The largest absolute Gasteiger partial charge is 0.340 e. The molecule has 22 heavy (non-hydrogen) atoms. The van der Waals surface area contributed by atoms with Crippen molar-refractivity contribution in [3.63, 3.8) is 0 Å². The van der Waals surface area contributed by atoms with Crippen molar-refractivity contribution >= 4 is 28.0 Å². The fourth-order valence-electron chi connectivity index (χ4n) is 3.07. The predicted octanol–water partition coefficient (Wildman–Crippen LogP) is 3.84. The van der Waals surface area contributed by atoms with Crippen LogP contribution in [0.4, 0.5) is 17.1 Å². The minimum atomic E-state index is -0.342. The lowest BCUT2D eigenvalue weighted by Crippen LogP contribution is -2.13. The van der Waals surface area contributed by atoms with Gasteiger partial charge in [0.15, 0.2) is 0 Å². The Morgan fingerprint density at radius 1 is 1.09 bits per heavy atom. The zero-order valence-electron chi connectivity index (χ0n) is 11.8. The third kappa shape index (κ3) is 1.90. The van der Waals surface area contributed by atoms with E-state index in [0.717, 1.165) is 40.8 Å². The SMILES string of the molecule is O=[N+]([O-])c1ccc2c(c1)CCN2c1ccnc2ccccc12. The van der Waals surface area contributed by atoms with E-state index in [1.165, 1.54) is 0 Å². The molecule has 0 radical (unpaired) electrons. The summed E-state index contributed by atoms with van der Waals surface area (Å²) in [6.45, 7) is 0.824. The third-order valence-corrected chi connectivity index (χ3v) is 4.09. The normalized spacial score (nSPS) is 13.4. The zero-order chi connectivity index (χ0) is 15.1. The molecule has 2 aromatic carbocycles. The highest BCUT2D eigenvalue weighted by Crippen LogP contribution is 2.38. The number of hydrogen-bond donors (Lipinski definition) is 0. The van der Waals surface area contributed by atoms with Crippen molar-refractivity contribution in [2.45, 2.75) is 6.42 Å². The average Bonchev–Trinajstić information content (AvgIpc) is 2.97. The molecule has 1 aromatic heterocycles. The lowest BCUT2D eigenvalue weighted by atomic mass is 10.1. The lowest BCUT2D eigenvalue weighted by Gasteiger charge is -2.21. The molecule has 0 amide bonds. The fourth-order valence-corrected chi connectivity index (χ4v) is 3.07. The molecule has 0 bridgehead atoms. The monoisotopic (exact) mass is 291 g/mol. The van der Waals surface area contributed by atoms with Crippen LogP contribution in [0.15, 0.2) is 54.7 Å². The van der Waals surface area contributed by atoms with Crippen LogP contribution < -0.4 is 4.90 Å². The number of benzene rings is 2. The Kier molecular flexibility index (Phi) is 2.79. The van der Waals surface area contributed by atoms with Crippen molar-refractivity contribution in [3.05, 3.63) is 70.4 Å². The van der Waals surface area contributed by atoms with Crippen LogP contribution in [0.2, 0.25) is 0 Å². The van der Waals surface area contributed by atoms with E-state index in [0.29, 0.717) is 0 Å². The Balaban J connectivity index is 1.84. The van der Waals surface area contributed by atoms with Crippen molar-refractivity contribution < 1.29 is 4.92 Å². The number of para-hydroxylation sites is 1. The Bertz CT molecular complexity index is 887. The summed E-state index contributed by atoms with van der Waals surface area (Å²) in [4.78, 5) is 17.2. The number of non-ortho nitro benzene ring substituents is 1. The molecule has 1 aliphatic heterocycles. The Hall–Kier alpha value is -2.95. The molecular formula is C17H13N3O2. The molecule has 0 spiro atoms. The quantitative estimate of drug-likeness (QED) is 0.531. The second kappa shape index (κ2) is 4.80. The van der Waals surface area contributed by atoms with Crippen LogP contribution >= 0.6 is 0 Å². The van der Waals surface area contributed by atoms with Crippen LogP contribution in [-0.2, 0) is 6.42 Å². The number of nitro benzene ring substituents is 1. The predicted molar refractivity (Wildman–Crippen MR) is 85.5 cm³/mol. The van der Waals surface area contributed by atoms with E-state index in [2.05, 4.69) is 16.0 Å². The van der Waals surface area contributed by atoms with Crippen LogP contribution in [0.5, 0.6) is 0 Å². The van der Waals surface area contributed by atoms with Crippen molar-refractivity contribution in [3.8, 4) is 0 Å². The van der Waals surface area contributed by atoms with E-state index in [9.17, 15) is 10.1 Å². The highest BCUT2D eigenvalue weighted by atomic mass is 16.6. The maximum absolute atomic E-state index is 10.9. The van der Waals surface area contributed by atoms with E-state index in [1.54, 1.807) is 18.3 Å². The molecule has 1 aliphatic rings. The van der Waals surface area contributed by atoms with Gasteiger partial charge in [0.2, 0.25) is 0 Å². The van der Waals surface area contributed by atoms with Gasteiger partial charge < -0.3 is 4.90 Å². The molecule has 3 aromatic rings. The fraction of sp³-hybridized carbons (Fsp3) is 0.118. The summed E-state index contributed by atoms with van der Waals surface area (Å²) in [5.74, 6) is 0. The molecule has 5 nitrogen and oxygen atoms in total. The maximum atomic E-state index is 10.9. The molecule has 108 valence electrons. The lowest BCUT2D eigenvalue weighted by molar-refractivity contribution is -0.384. The van der Waals surface area contributed by atoms with Gasteiger partial charge in [-0.25, -0.2) is 0 Å². The maximum Gasteiger partial charge on any atom is 0.269 e. The Morgan fingerprint density at radius 2 is 1.95 bits per heavy atom. The number of nitrogens with zero attached hydrogens (tertiary/aromatic N) is 3. The van der Waals surface area contributed by atoms with Gasteiger partial charge in [-0.15, -0.1) is 0 Å². The number of rotatable bonds is 2. The molecule has 4 rings (SSSR count). The summed E-state index contributed by atoms with van der Waals surface area (Å²) in [6, 6.07) is 15.1. The third-order valence-electron chi connectivity index (χ3n) is 4.09. The Labute approximate surface area is 127 Å². The van der Waals surface area contributed by atoms with Crippen molar-refractivity contribution in [1.82, 2.24) is 4.98 Å². The van der Waals surface area contributed by atoms with Gasteiger partial charge in [-0.05, 0) is 30.2 Å². The zero-order valence-corrected chi connectivity index (χ0v) is 11.8. The minimum absolute atomic E-state index is 0.153. The summed E-state index contributed by atoms with van der Waals surface area (Å²) >= 11 is 0. The van der Waals surface area contributed by atoms with Gasteiger partial charge in [0.25, 0.3) is 5.69 Å². The first-order valence-electron chi connectivity index (χ1n) is 7.12. The highest BCUT2D eigenvalue weighted by molar-refractivity contribution is 5.94. The first-order valence-corrected chi connectivity index (χ1v) is 7.12. The number of nitro groups is 1. The number of hydrogen-bond acceptors (Lipinski definition) is 4. The summed E-state index contributed by atoms with van der Waals surface area (Å²) in [6.07, 6.45) is 2.62. The molecule has 0 unspecified atom stereocenters. The first-order chi connectivity index (χ1) is 10.7. The summed E-state index contributed by atoms with van der Waals surface area (Å²) in [5, 5.41) is 12.0. The van der Waals surface area contributed by atoms with Crippen LogP contribution in [0.25, 0.3) is 10.9 Å². The van der Waals surface area contributed by atoms with E-state index >= 15 is 0 Å². The second-order valence-electron chi connectivity index (χ2n) is 5.32. The van der Waals surface area contributed by atoms with Crippen LogP contribution in [-0.4, -0.2) is 16.5 Å². The van der Waals surface area contributed by atoms with E-state index < -0.39 is 0 Å². The molecule has 2 heterocycles. The topological polar surface area (TPSA) is 59.3 Å². The standard InChI is InChI=1S/C17H13N3O2/c21-20(22)13-5-6-16-12(11-13)8-10-19(16)17-7-9-18-15-4-2-1-3-14(15)17/h1-7,9,11H,8,10H2. The van der Waals surface area contributed by atoms with E-state index in [4.69, 9.17) is 0 Å². The number of aromatic nitrogens is 1. The molecule has 5 heteroatoms. The molecular weight excluding hydrogens is 278 g/mol. The summed E-state index contributed by atoms with van der Waals surface area (Å²) in [5.41, 5.74) is 4.27. The van der Waals surface area contributed by atoms with Gasteiger partial charge in [-0.3, -0.25) is 15.1 Å². The minimum Gasteiger partial charge on any atom is -0.340 e. The van der Waals surface area contributed by atoms with Gasteiger partial charge >= 0.3 is 0 Å². The number of fused-ring (bicyclic) bond motifs is 2. The molecule has 0 fully saturated rings. The van der Waals surface area contributed by atoms with Crippen molar-refractivity contribution in [2.75, 3.05) is 11.4 Å². The van der Waals surface area contributed by atoms with Crippen molar-refractivity contribution in [1.29, 1.82) is 0 Å². The van der Waals surface area contributed by atoms with Gasteiger partial charge in [0.05, 0.1) is 16.1 Å². The summed E-state index contributed by atoms with van der Waals surface area (Å²) in [7, 11) is 0. The van der Waals surface area contributed by atoms with Gasteiger partial charge in [0.1, 0.15) is 0 Å². The van der Waals surface area contributed by atoms with Gasteiger partial charge in [0, 0.05) is 35.9 Å². The number of pyridine rings is 1. The molecule has 0 aliphatic carbocycles. The van der Waals surface area contributed by atoms with Crippen LogP contribution in [0.1, 0.15) is 5.56 Å². The van der Waals surface area contributed by atoms with Gasteiger partial charge in [-0.2, -0.15) is 0 Å². The van der Waals surface area contributed by atoms with Crippen molar-refractivity contribution in [2.24, 2.45) is 0 Å². The molecule has 0 saturated carbocycles. The average molecular weight is 291 g/mol. The second-order valence-corrected chi connectivity index (χ2v) is 5.32. The van der Waals surface area contributed by atoms with Crippen LogP contribution in [0.3, 0.4) is 0 Å². The van der Waals surface area contributed by atoms with Crippen LogP contribution in [0, 0.1) is 10.1 Å². The Morgan fingerprint density at radius 3 is 2.82 bits per heavy atom. The molecule has 0 atom stereocenters. The highest BCUT2D eigenvalue weighted by Gasteiger charge is 2.24. The van der Waals surface area contributed by atoms with E-state index in [-0.39, 0.29) is 10.6 Å². The van der Waals surface area contributed by atoms with E-state index in [1.807, 2.05) is 30.3 Å².